The van der Waals surface area contributed by atoms with E-state index in [1.807, 2.05) is 6.92 Å². The molecule has 10 atom stereocenters. The summed E-state index contributed by atoms with van der Waals surface area (Å²) in [6, 6.07) is 0. The molecule has 4 fully saturated rings. The molecule has 164 valence electrons. The van der Waals surface area contributed by atoms with Gasteiger partial charge in [-0.25, -0.2) is 0 Å². The molecule has 0 bridgehead atoms. The van der Waals surface area contributed by atoms with Crippen molar-refractivity contribution in [3.8, 4) is 11.8 Å². The fraction of sp³-hybridized carbons (Fsp3) is 0.926. The first-order valence-electron chi connectivity index (χ1n) is 12.6. The first kappa shape index (κ1) is 21.7. The molecule has 0 saturated heterocycles. The monoisotopic (exact) mass is 400 g/mol. The van der Waals surface area contributed by atoms with Gasteiger partial charge >= 0.3 is 0 Å². The predicted molar refractivity (Wildman–Crippen MR) is 119 cm³/mol. The fourth-order valence-corrected chi connectivity index (χ4v) is 8.85. The van der Waals surface area contributed by atoms with Crippen molar-refractivity contribution < 1.29 is 10.2 Å². The highest BCUT2D eigenvalue weighted by molar-refractivity contribution is 5.08. The zero-order valence-electron chi connectivity index (χ0n) is 19.3. The van der Waals surface area contributed by atoms with E-state index in [1.54, 1.807) is 0 Å². The van der Waals surface area contributed by atoms with Gasteiger partial charge in [-0.15, -0.1) is 11.8 Å². The van der Waals surface area contributed by atoms with E-state index in [0.717, 1.165) is 48.9 Å². The van der Waals surface area contributed by atoms with Gasteiger partial charge in [0.15, 0.2) is 0 Å². The van der Waals surface area contributed by atoms with Crippen LogP contribution < -0.4 is 0 Å². The van der Waals surface area contributed by atoms with Crippen LogP contribution in [0.15, 0.2) is 0 Å². The Morgan fingerprint density at radius 2 is 1.76 bits per heavy atom. The summed E-state index contributed by atoms with van der Waals surface area (Å²) in [4.78, 5) is 0. The van der Waals surface area contributed by atoms with E-state index in [0.29, 0.717) is 23.7 Å². The maximum atomic E-state index is 10.9. The highest BCUT2D eigenvalue weighted by Crippen LogP contribution is 2.66. The standard InChI is InChI=1S/C27H44O2/c1-5-7-8-25(28)18(3)23-11-12-24-22-10-9-19-17-27(29,6-2)16-14-20(19)21(22)13-15-26(23,24)4/h18-25,28-29H,6,8-17H2,1-4H3/t18-,19-,20-,21+,22+,23+,24-,25-,26+,27-/m0/s1. The van der Waals surface area contributed by atoms with Crippen LogP contribution in [0.1, 0.15) is 98.3 Å². The van der Waals surface area contributed by atoms with Gasteiger partial charge < -0.3 is 10.2 Å². The number of hydrogen-bond acceptors (Lipinski definition) is 2. The van der Waals surface area contributed by atoms with E-state index in [1.165, 1.54) is 44.9 Å². The van der Waals surface area contributed by atoms with Gasteiger partial charge in [0.1, 0.15) is 0 Å². The average Bonchev–Trinajstić information content (AvgIpc) is 3.08. The molecule has 0 aliphatic heterocycles. The topological polar surface area (TPSA) is 40.5 Å². The van der Waals surface area contributed by atoms with Crippen molar-refractivity contribution in [3.05, 3.63) is 0 Å². The third kappa shape index (κ3) is 3.70. The lowest BCUT2D eigenvalue weighted by Crippen LogP contribution is -2.51. The molecule has 0 radical (unpaired) electrons. The summed E-state index contributed by atoms with van der Waals surface area (Å²) in [5, 5.41) is 21.6. The van der Waals surface area contributed by atoms with Crippen molar-refractivity contribution in [3.63, 3.8) is 0 Å². The Hall–Kier alpha value is -0.520. The summed E-state index contributed by atoms with van der Waals surface area (Å²) in [5.74, 6) is 11.3. The molecular formula is C27H44O2. The minimum Gasteiger partial charge on any atom is -0.392 e. The Labute approximate surface area is 179 Å². The van der Waals surface area contributed by atoms with Gasteiger partial charge in [0.05, 0.1) is 11.7 Å². The molecule has 4 aliphatic carbocycles. The van der Waals surface area contributed by atoms with Gasteiger partial charge in [0.25, 0.3) is 0 Å². The Morgan fingerprint density at radius 1 is 1.00 bits per heavy atom. The first-order valence-corrected chi connectivity index (χ1v) is 12.6. The van der Waals surface area contributed by atoms with Crippen LogP contribution in [0.5, 0.6) is 0 Å². The molecule has 2 nitrogen and oxygen atoms in total. The van der Waals surface area contributed by atoms with Gasteiger partial charge in [-0.1, -0.05) is 20.8 Å². The minimum absolute atomic E-state index is 0.276. The normalized spacial score (nSPS) is 48.5. The molecule has 2 heteroatoms. The molecule has 4 saturated carbocycles. The predicted octanol–water partition coefficient (Wildman–Crippen LogP) is 5.81. The molecule has 2 N–H and O–H groups in total. The SMILES string of the molecule is CC#CC[C@H](O)[C@@H](C)[C@H]1CC[C@H]2[C@@H]3CC[C@H]4C[C@](O)(CC)CC[C@@H]4[C@H]3CC[C@]12C. The summed E-state index contributed by atoms with van der Waals surface area (Å²) in [6.45, 7) is 8.89. The molecule has 4 rings (SSSR count). The Morgan fingerprint density at radius 3 is 2.48 bits per heavy atom. The maximum absolute atomic E-state index is 10.9. The van der Waals surface area contributed by atoms with Crippen LogP contribution in [0.25, 0.3) is 0 Å². The zero-order valence-corrected chi connectivity index (χ0v) is 19.3. The summed E-state index contributed by atoms with van der Waals surface area (Å²) in [6.07, 6.45) is 12.8. The van der Waals surface area contributed by atoms with Crippen molar-refractivity contribution in [1.29, 1.82) is 0 Å². The molecule has 0 amide bonds. The van der Waals surface area contributed by atoms with E-state index < -0.39 is 0 Å². The Balaban J connectivity index is 1.47. The lowest BCUT2D eigenvalue weighted by molar-refractivity contribution is -0.111. The van der Waals surface area contributed by atoms with E-state index >= 15 is 0 Å². The zero-order chi connectivity index (χ0) is 20.8. The smallest absolute Gasteiger partial charge is 0.0677 e. The number of fused-ring (bicyclic) bond motifs is 5. The molecule has 0 aromatic carbocycles. The second kappa shape index (κ2) is 8.20. The summed E-state index contributed by atoms with van der Waals surface area (Å²) in [7, 11) is 0. The van der Waals surface area contributed by atoms with Crippen molar-refractivity contribution in [1.82, 2.24) is 0 Å². The van der Waals surface area contributed by atoms with Crippen LogP contribution in [0.2, 0.25) is 0 Å². The first-order chi connectivity index (χ1) is 13.8. The molecule has 0 heterocycles. The summed E-state index contributed by atoms with van der Waals surface area (Å²) < 4.78 is 0. The highest BCUT2D eigenvalue weighted by Gasteiger charge is 2.58. The van der Waals surface area contributed by atoms with Crippen LogP contribution in [-0.4, -0.2) is 21.9 Å². The second-order valence-electron chi connectivity index (χ2n) is 11.5. The fourth-order valence-electron chi connectivity index (χ4n) is 8.85. The van der Waals surface area contributed by atoms with Crippen LogP contribution >= 0.6 is 0 Å². The van der Waals surface area contributed by atoms with Crippen LogP contribution in [0, 0.1) is 58.7 Å². The summed E-state index contributed by atoms with van der Waals surface area (Å²) in [5.41, 5.74) is 0.0372. The number of rotatable bonds is 4. The average molecular weight is 401 g/mol. The number of aliphatic hydroxyl groups is 2. The van der Waals surface area contributed by atoms with Crippen molar-refractivity contribution in [2.45, 2.75) is 110 Å². The lowest BCUT2D eigenvalue weighted by atomic mass is 9.48. The van der Waals surface area contributed by atoms with E-state index in [2.05, 4.69) is 32.6 Å². The molecule has 0 aromatic heterocycles. The Kier molecular flexibility index (Phi) is 6.14. The van der Waals surface area contributed by atoms with Crippen molar-refractivity contribution in [2.75, 3.05) is 0 Å². The third-order valence-electron chi connectivity index (χ3n) is 10.6. The van der Waals surface area contributed by atoms with Crippen LogP contribution in [0.4, 0.5) is 0 Å². The molecule has 29 heavy (non-hydrogen) atoms. The highest BCUT2D eigenvalue weighted by atomic mass is 16.3. The lowest BCUT2D eigenvalue weighted by Gasteiger charge is -2.57. The molecular weight excluding hydrogens is 356 g/mol. The van der Waals surface area contributed by atoms with Gasteiger partial charge in [-0.2, -0.15) is 0 Å². The number of aliphatic hydroxyl groups excluding tert-OH is 1. The van der Waals surface area contributed by atoms with E-state index in [9.17, 15) is 10.2 Å². The molecule has 4 aliphatic rings. The third-order valence-corrected chi connectivity index (χ3v) is 10.6. The maximum Gasteiger partial charge on any atom is 0.0677 e. The van der Waals surface area contributed by atoms with Crippen LogP contribution in [-0.2, 0) is 0 Å². The van der Waals surface area contributed by atoms with Crippen molar-refractivity contribution >= 4 is 0 Å². The Bertz CT molecular complexity index is 647. The molecule has 0 spiro atoms. The largest absolute Gasteiger partial charge is 0.392 e. The van der Waals surface area contributed by atoms with Gasteiger partial charge in [0, 0.05) is 6.42 Å². The minimum atomic E-state index is -0.372. The van der Waals surface area contributed by atoms with Gasteiger partial charge in [-0.05, 0) is 118 Å². The molecule has 0 aromatic rings. The van der Waals surface area contributed by atoms with Crippen molar-refractivity contribution in [2.24, 2.45) is 46.8 Å². The summed E-state index contributed by atoms with van der Waals surface area (Å²) >= 11 is 0. The van der Waals surface area contributed by atoms with Gasteiger partial charge in [-0.3, -0.25) is 0 Å². The van der Waals surface area contributed by atoms with E-state index in [4.69, 9.17) is 0 Å². The van der Waals surface area contributed by atoms with Gasteiger partial charge in [0.2, 0.25) is 0 Å². The quantitative estimate of drug-likeness (QED) is 0.585. The molecule has 0 unspecified atom stereocenters. The van der Waals surface area contributed by atoms with E-state index in [-0.39, 0.29) is 11.7 Å². The second-order valence-corrected chi connectivity index (χ2v) is 11.5. The number of hydrogen-bond donors (Lipinski definition) is 2. The van der Waals surface area contributed by atoms with Crippen LogP contribution in [0.3, 0.4) is 0 Å².